The van der Waals surface area contributed by atoms with Crippen molar-refractivity contribution >= 4 is 0 Å². The lowest BCUT2D eigenvalue weighted by Gasteiger charge is -2.21. The van der Waals surface area contributed by atoms with Gasteiger partial charge in [0, 0.05) is 13.2 Å². The van der Waals surface area contributed by atoms with Crippen LogP contribution in [0.1, 0.15) is 13.3 Å². The van der Waals surface area contributed by atoms with Crippen LogP contribution < -0.4 is 0 Å². The second kappa shape index (κ2) is 4.44. The van der Waals surface area contributed by atoms with E-state index in [4.69, 9.17) is 10.00 Å². The molecule has 1 fully saturated rings. The third-order valence-corrected chi connectivity index (χ3v) is 2.42. The van der Waals surface area contributed by atoms with Gasteiger partial charge in [0.15, 0.2) is 0 Å². The fourth-order valence-corrected chi connectivity index (χ4v) is 1.39. The first-order valence-corrected chi connectivity index (χ1v) is 4.41. The molecule has 1 rings (SSSR count). The molecule has 0 amide bonds. The molecule has 0 radical (unpaired) electrons. The van der Waals surface area contributed by atoms with Gasteiger partial charge in [-0.3, -0.25) is 4.90 Å². The van der Waals surface area contributed by atoms with Crippen LogP contribution in [0.3, 0.4) is 0 Å². The highest BCUT2D eigenvalue weighted by atomic mass is 16.5. The van der Waals surface area contributed by atoms with Crippen molar-refractivity contribution in [2.45, 2.75) is 19.4 Å². The lowest BCUT2D eigenvalue weighted by molar-refractivity contribution is 0.170. The molecule has 1 heterocycles. The molecule has 0 aromatic heterocycles. The van der Waals surface area contributed by atoms with E-state index in [0.717, 1.165) is 26.2 Å². The van der Waals surface area contributed by atoms with Crippen LogP contribution in [0, 0.1) is 17.2 Å². The molecule has 12 heavy (non-hydrogen) atoms. The van der Waals surface area contributed by atoms with Crippen molar-refractivity contribution in [1.82, 2.24) is 4.90 Å². The van der Waals surface area contributed by atoms with E-state index in [2.05, 4.69) is 11.0 Å². The predicted molar refractivity (Wildman–Crippen MR) is 46.6 cm³/mol. The Labute approximate surface area is 73.9 Å². The molecule has 0 spiro atoms. The lowest BCUT2D eigenvalue weighted by atomic mass is 10.1. The summed E-state index contributed by atoms with van der Waals surface area (Å²) < 4.78 is 5.26. The molecular weight excluding hydrogens is 152 g/mol. The van der Waals surface area contributed by atoms with E-state index in [0.29, 0.717) is 5.92 Å². The van der Waals surface area contributed by atoms with E-state index in [1.807, 2.05) is 14.0 Å². The maximum absolute atomic E-state index is 8.66. The van der Waals surface area contributed by atoms with Gasteiger partial charge >= 0.3 is 0 Å². The Morgan fingerprint density at radius 3 is 3.00 bits per heavy atom. The fraction of sp³-hybridized carbons (Fsp3) is 0.889. The first-order valence-electron chi connectivity index (χ1n) is 4.41. The van der Waals surface area contributed by atoms with Crippen LogP contribution in [0.15, 0.2) is 0 Å². The summed E-state index contributed by atoms with van der Waals surface area (Å²) in [6.07, 6.45) is 1.14. The quantitative estimate of drug-likeness (QED) is 0.627. The van der Waals surface area contributed by atoms with Crippen molar-refractivity contribution in [3.8, 4) is 6.07 Å². The molecule has 1 aliphatic rings. The summed E-state index contributed by atoms with van der Waals surface area (Å²) in [7, 11) is 1.99. The molecule has 3 nitrogen and oxygen atoms in total. The highest BCUT2D eigenvalue weighted by molar-refractivity contribution is 4.87. The number of nitrogens with zero attached hydrogens (tertiary/aromatic N) is 2. The number of hydrogen-bond acceptors (Lipinski definition) is 3. The first-order chi connectivity index (χ1) is 5.74. The second-order valence-corrected chi connectivity index (χ2v) is 3.47. The summed E-state index contributed by atoms with van der Waals surface area (Å²) in [5.74, 6) is 0.630. The minimum atomic E-state index is 0.0191. The van der Waals surface area contributed by atoms with Crippen LogP contribution in [0.25, 0.3) is 0 Å². The SMILES string of the molecule is CC(C#N)N(C)CC1CCOC1. The molecule has 3 heteroatoms. The van der Waals surface area contributed by atoms with E-state index < -0.39 is 0 Å². The van der Waals surface area contributed by atoms with Crippen molar-refractivity contribution in [1.29, 1.82) is 5.26 Å². The number of rotatable bonds is 3. The molecular formula is C9H16N2O. The molecule has 0 saturated carbocycles. The van der Waals surface area contributed by atoms with Gasteiger partial charge in [0.2, 0.25) is 0 Å². The average Bonchev–Trinajstić information content (AvgIpc) is 2.55. The minimum absolute atomic E-state index is 0.0191. The molecule has 0 aliphatic carbocycles. The predicted octanol–water partition coefficient (Wildman–Crippen LogP) is 0.867. The van der Waals surface area contributed by atoms with Gasteiger partial charge in [0.05, 0.1) is 18.7 Å². The molecule has 2 atom stereocenters. The molecule has 0 N–H and O–H groups in total. The Kier molecular flexibility index (Phi) is 3.51. The highest BCUT2D eigenvalue weighted by Gasteiger charge is 2.19. The monoisotopic (exact) mass is 168 g/mol. The largest absolute Gasteiger partial charge is 0.381 e. The number of nitriles is 1. The molecule has 0 aromatic carbocycles. The van der Waals surface area contributed by atoms with Crippen LogP contribution in [0.2, 0.25) is 0 Å². The Morgan fingerprint density at radius 1 is 1.75 bits per heavy atom. The van der Waals surface area contributed by atoms with Crippen molar-refractivity contribution in [3.05, 3.63) is 0 Å². The third-order valence-electron chi connectivity index (χ3n) is 2.42. The molecule has 0 aromatic rings. The van der Waals surface area contributed by atoms with Crippen molar-refractivity contribution in [2.75, 3.05) is 26.8 Å². The summed E-state index contributed by atoms with van der Waals surface area (Å²) in [6.45, 7) is 4.66. The van der Waals surface area contributed by atoms with Gasteiger partial charge < -0.3 is 4.74 Å². The second-order valence-electron chi connectivity index (χ2n) is 3.47. The molecule has 68 valence electrons. The summed E-state index contributed by atoms with van der Waals surface area (Å²) in [4.78, 5) is 2.08. The van der Waals surface area contributed by atoms with E-state index in [1.54, 1.807) is 0 Å². The van der Waals surface area contributed by atoms with Crippen molar-refractivity contribution < 1.29 is 4.74 Å². The van der Waals surface area contributed by atoms with Crippen molar-refractivity contribution in [3.63, 3.8) is 0 Å². The zero-order chi connectivity index (χ0) is 8.97. The Hall–Kier alpha value is -0.590. The lowest BCUT2D eigenvalue weighted by Crippen LogP contribution is -2.32. The van der Waals surface area contributed by atoms with E-state index >= 15 is 0 Å². The molecule has 1 aliphatic heterocycles. The van der Waals surface area contributed by atoms with Crippen LogP contribution in [0.5, 0.6) is 0 Å². The topological polar surface area (TPSA) is 36.3 Å². The van der Waals surface area contributed by atoms with E-state index in [-0.39, 0.29) is 6.04 Å². The van der Waals surface area contributed by atoms with Gasteiger partial charge in [0.1, 0.15) is 0 Å². The summed E-state index contributed by atoms with van der Waals surface area (Å²) in [6, 6.07) is 2.24. The maximum atomic E-state index is 8.66. The number of hydrogen-bond donors (Lipinski definition) is 0. The van der Waals surface area contributed by atoms with Gasteiger partial charge in [-0.25, -0.2) is 0 Å². The summed E-state index contributed by atoms with van der Waals surface area (Å²) in [5.41, 5.74) is 0. The van der Waals surface area contributed by atoms with Gasteiger partial charge in [-0.1, -0.05) is 0 Å². The normalized spacial score (nSPS) is 25.7. The van der Waals surface area contributed by atoms with Gasteiger partial charge in [-0.05, 0) is 26.3 Å². The Balaban J connectivity index is 2.25. The zero-order valence-corrected chi connectivity index (χ0v) is 7.79. The van der Waals surface area contributed by atoms with Crippen LogP contribution in [-0.2, 0) is 4.74 Å². The van der Waals surface area contributed by atoms with Crippen LogP contribution >= 0.6 is 0 Å². The standard InChI is InChI=1S/C9H16N2O/c1-8(5-10)11(2)6-9-3-4-12-7-9/h8-9H,3-4,6-7H2,1-2H3. The van der Waals surface area contributed by atoms with Gasteiger partial charge in [-0.2, -0.15) is 5.26 Å². The van der Waals surface area contributed by atoms with Gasteiger partial charge in [0.25, 0.3) is 0 Å². The maximum Gasteiger partial charge on any atom is 0.0946 e. The van der Waals surface area contributed by atoms with E-state index in [1.165, 1.54) is 0 Å². The molecule has 1 saturated heterocycles. The minimum Gasteiger partial charge on any atom is -0.381 e. The number of ether oxygens (including phenoxy) is 1. The first kappa shape index (κ1) is 9.50. The zero-order valence-electron chi connectivity index (χ0n) is 7.79. The van der Waals surface area contributed by atoms with Crippen molar-refractivity contribution in [2.24, 2.45) is 5.92 Å². The Morgan fingerprint density at radius 2 is 2.50 bits per heavy atom. The van der Waals surface area contributed by atoms with Gasteiger partial charge in [-0.15, -0.1) is 0 Å². The van der Waals surface area contributed by atoms with Crippen LogP contribution in [0.4, 0.5) is 0 Å². The Bertz CT molecular complexity index is 170. The smallest absolute Gasteiger partial charge is 0.0946 e. The summed E-state index contributed by atoms with van der Waals surface area (Å²) in [5, 5.41) is 8.66. The molecule has 2 unspecified atom stereocenters. The van der Waals surface area contributed by atoms with Crippen LogP contribution in [-0.4, -0.2) is 37.7 Å². The van der Waals surface area contributed by atoms with E-state index in [9.17, 15) is 0 Å². The third kappa shape index (κ3) is 2.47. The fourth-order valence-electron chi connectivity index (χ4n) is 1.39. The summed E-state index contributed by atoms with van der Waals surface area (Å²) >= 11 is 0. The highest BCUT2D eigenvalue weighted by Crippen LogP contribution is 2.13. The molecule has 0 bridgehead atoms. The average molecular weight is 168 g/mol.